The highest BCUT2D eigenvalue weighted by atomic mass is 16.5. The molecule has 1 unspecified atom stereocenters. The number of para-hydroxylation sites is 1. The summed E-state index contributed by atoms with van der Waals surface area (Å²) < 4.78 is 11.6. The van der Waals surface area contributed by atoms with Gasteiger partial charge >= 0.3 is 0 Å². The number of fused-ring (bicyclic) bond motifs is 1. The van der Waals surface area contributed by atoms with Gasteiger partial charge in [0.1, 0.15) is 17.6 Å². The lowest BCUT2D eigenvalue weighted by molar-refractivity contribution is 0.282. The zero-order valence-electron chi connectivity index (χ0n) is 13.7. The Hall–Kier alpha value is -2.74. The Morgan fingerprint density at radius 1 is 0.917 bits per heavy atom. The minimum absolute atomic E-state index is 0.0421. The number of hydrogen-bond acceptors (Lipinski definition) is 2. The van der Waals surface area contributed by atoms with Crippen molar-refractivity contribution in [2.24, 2.45) is 0 Å². The van der Waals surface area contributed by atoms with Gasteiger partial charge in [0.25, 0.3) is 0 Å². The molecule has 0 spiro atoms. The van der Waals surface area contributed by atoms with E-state index >= 15 is 0 Å². The number of benzene rings is 3. The second-order valence-electron chi connectivity index (χ2n) is 6.02. The third-order valence-electron chi connectivity index (χ3n) is 4.40. The Kier molecular flexibility index (Phi) is 3.73. The Bertz CT molecular complexity index is 868. The molecule has 1 aliphatic heterocycles. The Labute approximate surface area is 142 Å². The van der Waals surface area contributed by atoms with Crippen molar-refractivity contribution < 1.29 is 9.47 Å². The van der Waals surface area contributed by atoms with Crippen molar-refractivity contribution in [2.45, 2.75) is 12.5 Å². The van der Waals surface area contributed by atoms with Crippen LogP contribution in [0.2, 0.25) is 0 Å². The average molecular weight is 315 g/mol. The zero-order valence-corrected chi connectivity index (χ0v) is 13.7. The van der Waals surface area contributed by atoms with E-state index in [0.717, 1.165) is 29.0 Å². The van der Waals surface area contributed by atoms with Crippen LogP contribution in [-0.4, -0.2) is 13.2 Å². The normalized spacial score (nSPS) is 15.7. The van der Waals surface area contributed by atoms with Gasteiger partial charge < -0.3 is 9.47 Å². The summed E-state index contributed by atoms with van der Waals surface area (Å²) >= 11 is 0. The predicted octanol–water partition coefficient (Wildman–Crippen LogP) is 5.17. The molecule has 1 atom stereocenters. The molecule has 1 aliphatic rings. The average Bonchev–Trinajstić information content (AvgIpc) is 3.01. The maximum Gasteiger partial charge on any atom is 0.131 e. The molecule has 3 aromatic carbocycles. The molecule has 0 aliphatic carbocycles. The first-order chi connectivity index (χ1) is 11.8. The summed E-state index contributed by atoms with van der Waals surface area (Å²) in [5, 5.41) is 0. The van der Waals surface area contributed by atoms with E-state index in [-0.39, 0.29) is 6.10 Å². The molecule has 0 aromatic heterocycles. The van der Waals surface area contributed by atoms with Crippen molar-refractivity contribution in [3.05, 3.63) is 79.2 Å². The number of hydrogen-bond donors (Lipinski definition) is 0. The minimum atomic E-state index is -0.0421. The van der Waals surface area contributed by atoms with Crippen molar-refractivity contribution in [2.75, 3.05) is 7.11 Å². The molecule has 0 bridgehead atoms. The summed E-state index contributed by atoms with van der Waals surface area (Å²) in [6.07, 6.45) is 0.789. The van der Waals surface area contributed by atoms with Gasteiger partial charge in [0.2, 0.25) is 0 Å². The lowest BCUT2D eigenvalue weighted by Gasteiger charge is -2.15. The summed E-state index contributed by atoms with van der Waals surface area (Å²) in [7, 11) is 1.70. The molecule has 3 aromatic rings. The van der Waals surface area contributed by atoms with Crippen molar-refractivity contribution in [1.82, 2.24) is 0 Å². The van der Waals surface area contributed by atoms with Gasteiger partial charge in [0, 0.05) is 17.5 Å². The van der Waals surface area contributed by atoms with E-state index in [4.69, 9.17) is 9.47 Å². The smallest absolute Gasteiger partial charge is 0.131 e. The van der Waals surface area contributed by atoms with E-state index in [1.165, 1.54) is 16.7 Å². The van der Waals surface area contributed by atoms with E-state index in [9.17, 15) is 0 Å². The van der Waals surface area contributed by atoms with Gasteiger partial charge in [0.15, 0.2) is 0 Å². The molecular weight excluding hydrogens is 296 g/mol. The molecular formula is C22H19O2. The summed E-state index contributed by atoms with van der Waals surface area (Å²) in [6, 6.07) is 22.9. The number of ether oxygens (including phenoxy) is 2. The summed E-state index contributed by atoms with van der Waals surface area (Å²) in [5.41, 5.74) is 5.70. The Morgan fingerprint density at radius 3 is 2.46 bits per heavy atom. The van der Waals surface area contributed by atoms with Crippen LogP contribution in [0.1, 0.15) is 5.56 Å². The van der Waals surface area contributed by atoms with E-state index in [1.54, 1.807) is 7.11 Å². The molecule has 1 radical (unpaired) electrons. The molecule has 4 rings (SSSR count). The molecule has 0 N–H and O–H groups in total. The van der Waals surface area contributed by atoms with E-state index in [2.05, 4.69) is 49.4 Å². The van der Waals surface area contributed by atoms with Crippen LogP contribution in [0, 0.1) is 6.92 Å². The maximum absolute atomic E-state index is 6.02. The summed E-state index contributed by atoms with van der Waals surface area (Å²) in [4.78, 5) is 0. The first-order valence-corrected chi connectivity index (χ1v) is 8.11. The number of methoxy groups -OCH3 is 1. The van der Waals surface area contributed by atoms with Crippen LogP contribution in [0.15, 0.2) is 66.7 Å². The lowest BCUT2D eigenvalue weighted by atomic mass is 9.94. The molecule has 0 amide bonds. The van der Waals surface area contributed by atoms with Gasteiger partial charge in [-0.25, -0.2) is 0 Å². The lowest BCUT2D eigenvalue weighted by Crippen LogP contribution is -2.06. The van der Waals surface area contributed by atoms with E-state index < -0.39 is 0 Å². The van der Waals surface area contributed by atoms with Crippen molar-refractivity contribution in [3.63, 3.8) is 0 Å². The van der Waals surface area contributed by atoms with Gasteiger partial charge in [-0.15, -0.1) is 0 Å². The maximum atomic E-state index is 6.02. The molecule has 1 heterocycles. The van der Waals surface area contributed by atoms with Crippen LogP contribution in [0.4, 0.5) is 0 Å². The zero-order chi connectivity index (χ0) is 16.5. The quantitative estimate of drug-likeness (QED) is 0.664. The van der Waals surface area contributed by atoms with Crippen LogP contribution in [-0.2, 0) is 6.42 Å². The third-order valence-corrected chi connectivity index (χ3v) is 4.40. The summed E-state index contributed by atoms with van der Waals surface area (Å²) in [5.74, 6) is 1.78. The molecule has 0 saturated carbocycles. The molecule has 24 heavy (non-hydrogen) atoms. The SMILES string of the molecule is [CH2]C1Cc2cc(-c3ccccc3)cc(-c3ccccc3OC)c2O1. The first kappa shape index (κ1) is 14.8. The fraction of sp³-hybridized carbons (Fsp3) is 0.136. The van der Waals surface area contributed by atoms with Crippen molar-refractivity contribution in [3.8, 4) is 33.8 Å². The first-order valence-electron chi connectivity index (χ1n) is 8.11. The third kappa shape index (κ3) is 2.54. The van der Waals surface area contributed by atoms with Gasteiger partial charge in [-0.2, -0.15) is 0 Å². The predicted molar refractivity (Wildman–Crippen MR) is 97.3 cm³/mol. The molecule has 2 nitrogen and oxygen atoms in total. The largest absolute Gasteiger partial charge is 0.496 e. The second kappa shape index (κ2) is 6.04. The van der Waals surface area contributed by atoms with Crippen LogP contribution < -0.4 is 9.47 Å². The van der Waals surface area contributed by atoms with Gasteiger partial charge in [-0.05, 0) is 41.8 Å². The van der Waals surface area contributed by atoms with E-state index in [1.807, 2.05) is 24.3 Å². The highest BCUT2D eigenvalue weighted by Crippen LogP contribution is 2.44. The van der Waals surface area contributed by atoms with Crippen molar-refractivity contribution in [1.29, 1.82) is 0 Å². The fourth-order valence-corrected chi connectivity index (χ4v) is 3.30. The second-order valence-corrected chi connectivity index (χ2v) is 6.02. The van der Waals surface area contributed by atoms with Crippen LogP contribution >= 0.6 is 0 Å². The molecule has 2 heteroatoms. The van der Waals surface area contributed by atoms with Crippen LogP contribution in [0.5, 0.6) is 11.5 Å². The molecule has 119 valence electrons. The monoisotopic (exact) mass is 315 g/mol. The van der Waals surface area contributed by atoms with Crippen LogP contribution in [0.3, 0.4) is 0 Å². The highest BCUT2D eigenvalue weighted by Gasteiger charge is 2.25. The van der Waals surface area contributed by atoms with Crippen LogP contribution in [0.25, 0.3) is 22.3 Å². The summed E-state index contributed by atoms with van der Waals surface area (Å²) in [6.45, 7) is 4.08. The Morgan fingerprint density at radius 2 is 1.67 bits per heavy atom. The topological polar surface area (TPSA) is 18.5 Å². The molecule has 0 saturated heterocycles. The Balaban J connectivity index is 1.94. The van der Waals surface area contributed by atoms with Gasteiger partial charge in [0.05, 0.1) is 7.11 Å². The molecule has 0 fully saturated rings. The van der Waals surface area contributed by atoms with Crippen molar-refractivity contribution >= 4 is 0 Å². The fourth-order valence-electron chi connectivity index (χ4n) is 3.30. The number of rotatable bonds is 3. The highest BCUT2D eigenvalue weighted by molar-refractivity contribution is 5.83. The standard InChI is InChI=1S/C22H19O2/c1-15-12-18-13-17(16-8-4-3-5-9-16)14-20(22(18)24-15)19-10-6-7-11-21(19)23-2/h3-11,13-15H,1,12H2,2H3. The van der Waals surface area contributed by atoms with Gasteiger partial charge in [-0.1, -0.05) is 48.5 Å². The van der Waals surface area contributed by atoms with E-state index in [0.29, 0.717) is 0 Å². The van der Waals surface area contributed by atoms with Gasteiger partial charge in [-0.3, -0.25) is 0 Å². The minimum Gasteiger partial charge on any atom is -0.496 e.